The highest BCUT2D eigenvalue weighted by Gasteiger charge is 2.21. The molecule has 0 N–H and O–H groups in total. The Labute approximate surface area is 202 Å². The van der Waals surface area contributed by atoms with Crippen molar-refractivity contribution in [2.75, 3.05) is 0 Å². The lowest BCUT2D eigenvalue weighted by Crippen LogP contribution is -2.37. The van der Waals surface area contributed by atoms with Gasteiger partial charge in [0.25, 0.3) is 5.56 Å². The maximum absolute atomic E-state index is 13.1. The number of aromatic nitrogens is 6. The molecule has 5 rings (SSSR count). The number of imidazole rings is 1. The maximum Gasteiger partial charge on any atom is 0.332 e. The number of aryl methyl sites for hydroxylation is 1. The number of halogens is 2. The number of fused-ring (bicyclic) bond motifs is 1. The van der Waals surface area contributed by atoms with Crippen LogP contribution < -0.4 is 11.2 Å². The van der Waals surface area contributed by atoms with Crippen molar-refractivity contribution in [1.82, 2.24) is 28.9 Å². The lowest BCUT2D eigenvalue weighted by atomic mass is 10.1. The summed E-state index contributed by atoms with van der Waals surface area (Å²) in [6, 6.07) is 14.7. The highest BCUT2D eigenvalue weighted by Crippen LogP contribution is 2.28. The topological polar surface area (TPSA) is 101 Å². The van der Waals surface area contributed by atoms with Gasteiger partial charge in [0, 0.05) is 26.1 Å². The van der Waals surface area contributed by atoms with Gasteiger partial charge in [0.05, 0.1) is 10.0 Å². The predicted molar refractivity (Wildman–Crippen MR) is 128 cm³/mol. The molecule has 2 aromatic carbocycles. The molecule has 0 spiro atoms. The van der Waals surface area contributed by atoms with E-state index in [2.05, 4.69) is 15.2 Å². The molecule has 3 heterocycles. The lowest BCUT2D eigenvalue weighted by Gasteiger charge is -2.07. The van der Waals surface area contributed by atoms with Gasteiger partial charge in [0.1, 0.15) is 12.4 Å². The summed E-state index contributed by atoms with van der Waals surface area (Å²) < 4.78 is 10.00. The third-order valence-electron chi connectivity index (χ3n) is 5.56. The van der Waals surface area contributed by atoms with E-state index in [1.54, 1.807) is 29.8 Å². The second-order valence-electron chi connectivity index (χ2n) is 7.78. The Balaban J connectivity index is 1.63. The first-order chi connectivity index (χ1) is 16.3. The molecule has 9 nitrogen and oxygen atoms in total. The quantitative estimate of drug-likeness (QED) is 0.369. The normalized spacial score (nSPS) is 11.4. The van der Waals surface area contributed by atoms with E-state index in [0.717, 1.165) is 10.1 Å². The van der Waals surface area contributed by atoms with Crippen LogP contribution in [0.5, 0.6) is 0 Å². The minimum Gasteiger partial charge on any atom is -0.419 e. The Kier molecular flexibility index (Phi) is 5.59. The SMILES string of the molecule is Cn1c(=O)c2c(nc(Cc3ccccc3)n2Cc2nnc(-c3ccc(Cl)c(Cl)c3)o2)n(C)c1=O. The molecule has 0 aliphatic heterocycles. The lowest BCUT2D eigenvalue weighted by molar-refractivity contribution is 0.487. The van der Waals surface area contributed by atoms with Gasteiger partial charge in [-0.25, -0.2) is 9.78 Å². The summed E-state index contributed by atoms with van der Waals surface area (Å²) in [4.78, 5) is 30.2. The fourth-order valence-corrected chi connectivity index (χ4v) is 4.07. The Bertz CT molecular complexity index is 1650. The van der Waals surface area contributed by atoms with E-state index in [4.69, 9.17) is 27.6 Å². The Morgan fingerprint density at radius 3 is 2.44 bits per heavy atom. The van der Waals surface area contributed by atoms with Gasteiger partial charge in [0.15, 0.2) is 11.2 Å². The van der Waals surface area contributed by atoms with Crippen LogP contribution in [-0.2, 0) is 27.1 Å². The van der Waals surface area contributed by atoms with Gasteiger partial charge < -0.3 is 8.98 Å². The van der Waals surface area contributed by atoms with E-state index in [0.29, 0.717) is 33.5 Å². The monoisotopic (exact) mass is 496 g/mol. The molecule has 0 amide bonds. The third-order valence-corrected chi connectivity index (χ3v) is 6.30. The Morgan fingerprint density at radius 1 is 0.941 bits per heavy atom. The summed E-state index contributed by atoms with van der Waals surface area (Å²) in [6.07, 6.45) is 0.445. The summed E-state index contributed by atoms with van der Waals surface area (Å²) in [5, 5.41) is 9.05. The average molecular weight is 497 g/mol. The Morgan fingerprint density at radius 2 is 1.71 bits per heavy atom. The van der Waals surface area contributed by atoms with Gasteiger partial charge in [0.2, 0.25) is 11.8 Å². The maximum atomic E-state index is 13.1. The van der Waals surface area contributed by atoms with Crippen LogP contribution in [0.3, 0.4) is 0 Å². The van der Waals surface area contributed by atoms with Crippen molar-refractivity contribution >= 4 is 34.4 Å². The van der Waals surface area contributed by atoms with Crippen molar-refractivity contribution in [3.63, 3.8) is 0 Å². The van der Waals surface area contributed by atoms with Crippen molar-refractivity contribution in [1.29, 1.82) is 0 Å². The molecule has 0 saturated carbocycles. The van der Waals surface area contributed by atoms with E-state index in [9.17, 15) is 9.59 Å². The first-order valence-corrected chi connectivity index (χ1v) is 11.1. The predicted octanol–water partition coefficient (Wildman–Crippen LogP) is 3.43. The fraction of sp³-hybridized carbons (Fsp3) is 0.174. The van der Waals surface area contributed by atoms with Crippen LogP contribution >= 0.6 is 23.2 Å². The van der Waals surface area contributed by atoms with Crippen LogP contribution in [0.2, 0.25) is 10.0 Å². The van der Waals surface area contributed by atoms with E-state index in [1.807, 2.05) is 30.3 Å². The van der Waals surface area contributed by atoms with E-state index in [1.165, 1.54) is 11.6 Å². The molecule has 0 aliphatic carbocycles. The van der Waals surface area contributed by atoms with Crippen molar-refractivity contribution < 1.29 is 4.42 Å². The van der Waals surface area contributed by atoms with E-state index < -0.39 is 11.2 Å². The number of rotatable bonds is 5. The Hall–Kier alpha value is -3.69. The molecule has 0 radical (unpaired) electrons. The molecule has 34 heavy (non-hydrogen) atoms. The molecule has 0 unspecified atom stereocenters. The summed E-state index contributed by atoms with van der Waals surface area (Å²) in [5.41, 5.74) is 1.30. The van der Waals surface area contributed by atoms with Crippen LogP contribution in [0.1, 0.15) is 17.3 Å². The second kappa shape index (κ2) is 8.58. The minimum absolute atomic E-state index is 0.0977. The molecular weight excluding hydrogens is 479 g/mol. The zero-order valence-corrected chi connectivity index (χ0v) is 19.7. The molecule has 0 bridgehead atoms. The van der Waals surface area contributed by atoms with Gasteiger partial charge in [-0.05, 0) is 23.8 Å². The van der Waals surface area contributed by atoms with Gasteiger partial charge in [-0.1, -0.05) is 53.5 Å². The first-order valence-electron chi connectivity index (χ1n) is 10.3. The van der Waals surface area contributed by atoms with Gasteiger partial charge in [-0.3, -0.25) is 13.9 Å². The fourth-order valence-electron chi connectivity index (χ4n) is 3.77. The van der Waals surface area contributed by atoms with Gasteiger partial charge in [-0.2, -0.15) is 0 Å². The van der Waals surface area contributed by atoms with Crippen LogP contribution in [0.15, 0.2) is 62.5 Å². The summed E-state index contributed by atoms with van der Waals surface area (Å²) in [6.45, 7) is 0.0977. The number of hydrogen-bond acceptors (Lipinski definition) is 6. The van der Waals surface area contributed by atoms with E-state index >= 15 is 0 Å². The molecule has 11 heteroatoms. The zero-order chi connectivity index (χ0) is 24.0. The largest absolute Gasteiger partial charge is 0.419 e. The molecular formula is C23H18Cl2N6O3. The van der Waals surface area contributed by atoms with E-state index in [-0.39, 0.29) is 23.8 Å². The zero-order valence-electron chi connectivity index (χ0n) is 18.2. The average Bonchev–Trinajstić information content (AvgIpc) is 3.44. The molecule has 172 valence electrons. The molecule has 0 saturated heterocycles. The number of nitrogens with zero attached hydrogens (tertiary/aromatic N) is 6. The standard InChI is InChI=1S/C23H18Cl2N6O3/c1-29-20-19(22(32)30(2)23(29)33)31(17(26-20)10-13-6-4-3-5-7-13)12-18-27-28-21(34-18)14-8-9-15(24)16(25)11-14/h3-9,11H,10,12H2,1-2H3. The molecule has 0 atom stereocenters. The second-order valence-corrected chi connectivity index (χ2v) is 8.60. The van der Waals surface area contributed by atoms with Gasteiger partial charge >= 0.3 is 5.69 Å². The number of hydrogen-bond donors (Lipinski definition) is 0. The molecule has 5 aromatic rings. The van der Waals surface area contributed by atoms with Crippen molar-refractivity contribution in [2.24, 2.45) is 14.1 Å². The highest BCUT2D eigenvalue weighted by molar-refractivity contribution is 6.42. The molecule has 0 fully saturated rings. The van der Waals surface area contributed by atoms with Crippen LogP contribution in [-0.4, -0.2) is 28.9 Å². The summed E-state index contributed by atoms with van der Waals surface area (Å²) in [7, 11) is 3.02. The summed E-state index contributed by atoms with van der Waals surface area (Å²) in [5.74, 6) is 1.13. The first kappa shape index (κ1) is 22.1. The number of benzene rings is 2. The van der Waals surface area contributed by atoms with Gasteiger partial charge in [-0.15, -0.1) is 10.2 Å². The smallest absolute Gasteiger partial charge is 0.332 e. The van der Waals surface area contributed by atoms with Crippen LogP contribution in [0, 0.1) is 0 Å². The van der Waals surface area contributed by atoms with Crippen LogP contribution in [0.4, 0.5) is 0 Å². The molecule has 0 aliphatic rings. The van der Waals surface area contributed by atoms with Crippen LogP contribution in [0.25, 0.3) is 22.6 Å². The third kappa shape index (κ3) is 3.82. The van der Waals surface area contributed by atoms with Crippen molar-refractivity contribution in [3.8, 4) is 11.5 Å². The molecule has 3 aromatic heterocycles. The van der Waals surface area contributed by atoms with Crippen molar-refractivity contribution in [2.45, 2.75) is 13.0 Å². The summed E-state index contributed by atoms with van der Waals surface area (Å²) >= 11 is 12.1. The highest BCUT2D eigenvalue weighted by atomic mass is 35.5. The minimum atomic E-state index is -0.451. The van der Waals surface area contributed by atoms with Crippen molar-refractivity contribution in [3.05, 3.63) is 96.7 Å².